The van der Waals surface area contributed by atoms with Crippen molar-refractivity contribution in [1.82, 2.24) is 0 Å². The lowest BCUT2D eigenvalue weighted by Crippen LogP contribution is -2.02. The summed E-state index contributed by atoms with van der Waals surface area (Å²) >= 11 is 18.2. The smallest absolute Gasteiger partial charge is 0.138 e. The highest BCUT2D eigenvalue weighted by molar-refractivity contribution is 6.36. The van der Waals surface area contributed by atoms with E-state index < -0.39 is 17.0 Å². The zero-order valence-electron chi connectivity index (χ0n) is 10.3. The highest BCUT2D eigenvalue weighted by atomic mass is 35.5. The Balaban J connectivity index is 2.54. The molecule has 106 valence electrons. The predicted molar refractivity (Wildman–Crippen MR) is 77.1 cm³/mol. The fourth-order valence-electron chi connectivity index (χ4n) is 1.80. The van der Waals surface area contributed by atoms with Crippen LogP contribution in [0.25, 0.3) is 0 Å². The minimum absolute atomic E-state index is 0.217. The molecule has 2 aromatic rings. The van der Waals surface area contributed by atoms with E-state index in [0.29, 0.717) is 11.3 Å². The molecule has 1 nitrogen and oxygen atoms in total. The van der Waals surface area contributed by atoms with Crippen molar-refractivity contribution in [2.24, 2.45) is 0 Å². The van der Waals surface area contributed by atoms with E-state index >= 15 is 0 Å². The van der Waals surface area contributed by atoms with E-state index in [-0.39, 0.29) is 15.6 Å². The number of methoxy groups -OCH3 is 1. The van der Waals surface area contributed by atoms with Gasteiger partial charge in [-0.05, 0) is 23.8 Å². The lowest BCUT2D eigenvalue weighted by atomic mass is 10.0. The lowest BCUT2D eigenvalue weighted by Gasteiger charge is -2.15. The molecule has 0 aliphatic heterocycles. The summed E-state index contributed by atoms with van der Waals surface area (Å²) in [6.07, 6.45) is 0. The lowest BCUT2D eigenvalue weighted by molar-refractivity contribution is 0.415. The minimum Gasteiger partial charge on any atom is -0.495 e. The predicted octanol–water partition coefficient (Wildman–Crippen LogP) is 5.61. The summed E-state index contributed by atoms with van der Waals surface area (Å²) in [6, 6.07) is 6.42. The first-order valence-electron chi connectivity index (χ1n) is 5.56. The van der Waals surface area contributed by atoms with Crippen LogP contribution < -0.4 is 4.74 Å². The summed E-state index contributed by atoms with van der Waals surface area (Å²) in [7, 11) is 1.44. The van der Waals surface area contributed by atoms with Crippen molar-refractivity contribution in [1.29, 1.82) is 0 Å². The van der Waals surface area contributed by atoms with Gasteiger partial charge in [-0.25, -0.2) is 8.78 Å². The molecular formula is C14H9Cl3F2O. The molecular weight excluding hydrogens is 329 g/mol. The molecule has 20 heavy (non-hydrogen) atoms. The van der Waals surface area contributed by atoms with Crippen LogP contribution in [-0.2, 0) is 0 Å². The summed E-state index contributed by atoms with van der Waals surface area (Å²) in [5, 5.41) is -0.615. The second-order valence-electron chi connectivity index (χ2n) is 4.01. The third-order valence-electron chi connectivity index (χ3n) is 2.80. The second kappa shape index (κ2) is 6.17. The number of ether oxygens (including phenoxy) is 1. The van der Waals surface area contributed by atoms with Gasteiger partial charge in [0.05, 0.1) is 17.5 Å². The number of rotatable bonds is 3. The number of hydrogen-bond acceptors (Lipinski definition) is 1. The van der Waals surface area contributed by atoms with Crippen LogP contribution >= 0.6 is 34.8 Å². The Morgan fingerprint density at radius 1 is 1.05 bits per heavy atom. The second-order valence-corrected chi connectivity index (χ2v) is 5.26. The van der Waals surface area contributed by atoms with Crippen LogP contribution in [0, 0.1) is 11.6 Å². The molecule has 0 amide bonds. The molecule has 0 saturated carbocycles. The molecule has 0 radical (unpaired) electrons. The molecule has 1 atom stereocenters. The first-order valence-corrected chi connectivity index (χ1v) is 6.75. The van der Waals surface area contributed by atoms with Gasteiger partial charge >= 0.3 is 0 Å². The normalized spacial score (nSPS) is 12.3. The minimum atomic E-state index is -1.09. The molecule has 0 fully saturated rings. The molecule has 0 saturated heterocycles. The maximum absolute atomic E-state index is 13.7. The largest absolute Gasteiger partial charge is 0.495 e. The summed E-state index contributed by atoms with van der Waals surface area (Å²) in [5.74, 6) is -1.13. The number of alkyl halides is 1. The van der Waals surface area contributed by atoms with Crippen molar-refractivity contribution in [3.8, 4) is 5.75 Å². The van der Waals surface area contributed by atoms with Crippen LogP contribution in [0.3, 0.4) is 0 Å². The molecule has 1 unspecified atom stereocenters. The van der Waals surface area contributed by atoms with Gasteiger partial charge in [-0.2, -0.15) is 0 Å². The Morgan fingerprint density at radius 2 is 1.65 bits per heavy atom. The molecule has 0 N–H and O–H groups in total. The highest BCUT2D eigenvalue weighted by Gasteiger charge is 2.23. The molecule has 0 aliphatic carbocycles. The molecule has 6 heteroatoms. The van der Waals surface area contributed by atoms with Gasteiger partial charge < -0.3 is 4.74 Å². The van der Waals surface area contributed by atoms with Crippen LogP contribution in [-0.4, -0.2) is 7.11 Å². The molecule has 2 aromatic carbocycles. The topological polar surface area (TPSA) is 9.23 Å². The summed E-state index contributed by atoms with van der Waals surface area (Å²) in [4.78, 5) is 0. The Kier molecular flexibility index (Phi) is 4.74. The van der Waals surface area contributed by atoms with E-state index in [4.69, 9.17) is 39.5 Å². The van der Waals surface area contributed by atoms with Gasteiger partial charge in [-0.3, -0.25) is 0 Å². The molecule has 0 spiro atoms. The Bertz CT molecular complexity index is 626. The van der Waals surface area contributed by atoms with Crippen molar-refractivity contribution in [2.45, 2.75) is 5.38 Å². The Hall–Kier alpha value is -1.03. The van der Waals surface area contributed by atoms with Crippen molar-refractivity contribution >= 4 is 34.8 Å². The summed E-state index contributed by atoms with van der Waals surface area (Å²) in [5.41, 5.74) is 0.0421. The van der Waals surface area contributed by atoms with Crippen molar-refractivity contribution < 1.29 is 13.5 Å². The monoisotopic (exact) mass is 336 g/mol. The maximum atomic E-state index is 13.7. The van der Waals surface area contributed by atoms with Crippen molar-refractivity contribution in [2.75, 3.05) is 7.11 Å². The standard InChI is InChI=1S/C14H9Cl3F2O/c1-20-12-6-8(15)7(5-9(12)16)14(17)13-10(18)3-2-4-11(13)19/h2-6,14H,1H3. The molecule has 0 aromatic heterocycles. The number of benzene rings is 2. The van der Waals surface area contributed by atoms with E-state index in [0.717, 1.165) is 12.1 Å². The first kappa shape index (κ1) is 15.4. The fraction of sp³-hybridized carbons (Fsp3) is 0.143. The van der Waals surface area contributed by atoms with Gasteiger partial charge in [0.2, 0.25) is 0 Å². The van der Waals surface area contributed by atoms with E-state index in [2.05, 4.69) is 0 Å². The van der Waals surface area contributed by atoms with Gasteiger partial charge in [-0.15, -0.1) is 11.6 Å². The van der Waals surface area contributed by atoms with Crippen LogP contribution in [0.15, 0.2) is 30.3 Å². The quantitative estimate of drug-likeness (QED) is 0.662. The maximum Gasteiger partial charge on any atom is 0.138 e. The Morgan fingerprint density at radius 3 is 2.20 bits per heavy atom. The number of hydrogen-bond donors (Lipinski definition) is 0. The zero-order chi connectivity index (χ0) is 14.9. The van der Waals surface area contributed by atoms with Gasteiger partial charge in [-0.1, -0.05) is 29.3 Å². The molecule has 0 bridgehead atoms. The fourth-order valence-corrected chi connectivity index (χ4v) is 2.76. The van der Waals surface area contributed by atoms with E-state index in [1.54, 1.807) is 0 Å². The zero-order valence-corrected chi connectivity index (χ0v) is 12.5. The first-order chi connectivity index (χ1) is 9.45. The van der Waals surface area contributed by atoms with Crippen LogP contribution in [0.2, 0.25) is 10.0 Å². The molecule has 2 rings (SSSR count). The average Bonchev–Trinajstić information content (AvgIpc) is 2.40. The van der Waals surface area contributed by atoms with Gasteiger partial charge in [0.25, 0.3) is 0 Å². The molecule has 0 heterocycles. The Labute approximate surface area is 130 Å². The summed E-state index contributed by atoms with van der Waals surface area (Å²) in [6.45, 7) is 0. The van der Waals surface area contributed by atoms with Crippen molar-refractivity contribution in [3.05, 3.63) is 63.1 Å². The SMILES string of the molecule is COc1cc(Cl)c(C(Cl)c2c(F)cccc2F)cc1Cl. The van der Waals surface area contributed by atoms with Crippen LogP contribution in [0.5, 0.6) is 5.75 Å². The van der Waals surface area contributed by atoms with E-state index in [1.165, 1.54) is 25.3 Å². The number of halogens is 5. The van der Waals surface area contributed by atoms with Gasteiger partial charge in [0.15, 0.2) is 0 Å². The third kappa shape index (κ3) is 2.85. The van der Waals surface area contributed by atoms with E-state index in [1.807, 2.05) is 0 Å². The third-order valence-corrected chi connectivity index (χ3v) is 3.87. The average molecular weight is 338 g/mol. The summed E-state index contributed by atoms with van der Waals surface area (Å²) < 4.78 is 32.5. The van der Waals surface area contributed by atoms with Gasteiger partial charge in [0.1, 0.15) is 17.4 Å². The van der Waals surface area contributed by atoms with Crippen LogP contribution in [0.4, 0.5) is 8.78 Å². The highest BCUT2D eigenvalue weighted by Crippen LogP contribution is 2.40. The van der Waals surface area contributed by atoms with E-state index in [9.17, 15) is 8.78 Å². The van der Waals surface area contributed by atoms with Crippen LogP contribution in [0.1, 0.15) is 16.5 Å². The van der Waals surface area contributed by atoms with Crippen molar-refractivity contribution in [3.63, 3.8) is 0 Å². The van der Waals surface area contributed by atoms with Gasteiger partial charge in [0, 0.05) is 16.7 Å². The molecule has 0 aliphatic rings.